The molecule has 1 amide bonds. The lowest BCUT2D eigenvalue weighted by atomic mass is 10.1. The van der Waals surface area contributed by atoms with Crippen molar-refractivity contribution in [1.82, 2.24) is 9.55 Å². The molecule has 1 aliphatic rings. The number of furan rings is 1. The third kappa shape index (κ3) is 4.31. The number of aromatic nitrogens is 2. The van der Waals surface area contributed by atoms with Gasteiger partial charge in [-0.3, -0.25) is 4.79 Å². The average molecular weight is 464 g/mol. The Hall–Kier alpha value is -3.38. The number of hydrogen-bond acceptors (Lipinski definition) is 3. The van der Waals surface area contributed by atoms with Crippen LogP contribution in [0.25, 0.3) is 22.7 Å². The molecular formula is C26H23ClFN3O2. The van der Waals surface area contributed by atoms with Crippen LogP contribution >= 0.6 is 11.6 Å². The summed E-state index contributed by atoms with van der Waals surface area (Å²) in [6.45, 7) is 1.90. The van der Waals surface area contributed by atoms with Crippen LogP contribution in [-0.2, 0) is 0 Å². The fourth-order valence-electron chi connectivity index (χ4n) is 4.33. The van der Waals surface area contributed by atoms with Crippen LogP contribution in [0.4, 0.5) is 10.1 Å². The molecule has 1 saturated carbocycles. The first-order valence-corrected chi connectivity index (χ1v) is 11.4. The van der Waals surface area contributed by atoms with Crippen LogP contribution in [0.5, 0.6) is 0 Å². The maximum Gasteiger partial charge on any atom is 0.291 e. The molecule has 1 fully saturated rings. The van der Waals surface area contributed by atoms with Gasteiger partial charge in [-0.15, -0.1) is 0 Å². The van der Waals surface area contributed by atoms with E-state index in [-0.39, 0.29) is 17.5 Å². The number of benzene rings is 2. The summed E-state index contributed by atoms with van der Waals surface area (Å²) < 4.78 is 21.7. The molecule has 7 heteroatoms. The highest BCUT2D eigenvalue weighted by Gasteiger charge is 2.26. The van der Waals surface area contributed by atoms with Crippen molar-refractivity contribution in [3.8, 4) is 22.7 Å². The minimum Gasteiger partial charge on any atom is -0.449 e. The van der Waals surface area contributed by atoms with Crippen LogP contribution in [0.3, 0.4) is 0 Å². The van der Waals surface area contributed by atoms with Gasteiger partial charge in [0.2, 0.25) is 0 Å². The van der Waals surface area contributed by atoms with Crippen LogP contribution in [0.15, 0.2) is 65.3 Å². The maximum atomic E-state index is 13.5. The molecule has 0 spiro atoms. The highest BCUT2D eigenvalue weighted by molar-refractivity contribution is 6.31. The summed E-state index contributed by atoms with van der Waals surface area (Å²) >= 11 is 6.17. The molecule has 4 aromatic rings. The van der Waals surface area contributed by atoms with E-state index in [9.17, 15) is 9.18 Å². The average Bonchev–Trinajstić information content (AvgIpc) is 3.56. The minimum atomic E-state index is -0.364. The molecule has 0 bridgehead atoms. The number of aryl methyl sites for hydroxylation is 1. The van der Waals surface area contributed by atoms with Crippen molar-refractivity contribution in [3.05, 3.63) is 83.1 Å². The van der Waals surface area contributed by atoms with Gasteiger partial charge in [-0.25, -0.2) is 9.37 Å². The van der Waals surface area contributed by atoms with Gasteiger partial charge in [0.1, 0.15) is 11.5 Å². The van der Waals surface area contributed by atoms with Gasteiger partial charge in [-0.2, -0.15) is 0 Å². The van der Waals surface area contributed by atoms with E-state index < -0.39 is 0 Å². The van der Waals surface area contributed by atoms with Crippen molar-refractivity contribution in [3.63, 3.8) is 0 Å². The second-order valence-corrected chi connectivity index (χ2v) is 8.78. The van der Waals surface area contributed by atoms with Crippen LogP contribution in [0.2, 0.25) is 5.02 Å². The van der Waals surface area contributed by atoms with E-state index in [0.717, 1.165) is 29.7 Å². The second kappa shape index (κ2) is 8.87. The number of anilines is 1. The Morgan fingerprint density at radius 1 is 1.12 bits per heavy atom. The molecular weight excluding hydrogens is 441 g/mol. The lowest BCUT2D eigenvalue weighted by molar-refractivity contribution is 0.0997. The molecule has 2 aromatic heterocycles. The highest BCUT2D eigenvalue weighted by Crippen LogP contribution is 2.39. The SMILES string of the molecule is Cc1ccc(NC(=O)c2ccc(-c3c(-c4ccc(F)cc4)ncn3C3CCCC3)o2)cc1Cl. The van der Waals surface area contributed by atoms with Crippen molar-refractivity contribution in [2.45, 2.75) is 38.6 Å². The number of amides is 1. The molecule has 1 aliphatic carbocycles. The van der Waals surface area contributed by atoms with Gasteiger partial charge < -0.3 is 14.3 Å². The van der Waals surface area contributed by atoms with Gasteiger partial charge in [0.05, 0.1) is 12.0 Å². The van der Waals surface area contributed by atoms with E-state index in [1.807, 2.05) is 19.3 Å². The van der Waals surface area contributed by atoms with Crippen molar-refractivity contribution >= 4 is 23.2 Å². The molecule has 0 aliphatic heterocycles. The Morgan fingerprint density at radius 3 is 2.61 bits per heavy atom. The molecule has 5 rings (SSSR count). The third-order valence-corrected chi connectivity index (χ3v) is 6.53. The number of nitrogens with one attached hydrogen (secondary N) is 1. The quantitative estimate of drug-likeness (QED) is 0.338. The van der Waals surface area contributed by atoms with Crippen molar-refractivity contribution in [1.29, 1.82) is 0 Å². The molecule has 0 radical (unpaired) electrons. The Morgan fingerprint density at radius 2 is 1.88 bits per heavy atom. The number of carbonyl (C=O) groups is 1. The Kier molecular flexibility index (Phi) is 5.77. The fourth-order valence-corrected chi connectivity index (χ4v) is 4.51. The number of rotatable bonds is 5. The van der Waals surface area contributed by atoms with Gasteiger partial charge in [-0.1, -0.05) is 30.5 Å². The lowest BCUT2D eigenvalue weighted by Gasteiger charge is -2.15. The first kappa shape index (κ1) is 21.5. The summed E-state index contributed by atoms with van der Waals surface area (Å²) in [6.07, 6.45) is 6.28. The summed E-state index contributed by atoms with van der Waals surface area (Å²) in [5.74, 6) is 0.0665. The molecule has 2 aromatic carbocycles. The summed E-state index contributed by atoms with van der Waals surface area (Å²) in [4.78, 5) is 17.5. The van der Waals surface area contributed by atoms with E-state index in [0.29, 0.717) is 28.2 Å². The van der Waals surface area contributed by atoms with E-state index in [2.05, 4.69) is 14.9 Å². The predicted octanol–water partition coefficient (Wildman–Crippen LogP) is 7.28. The zero-order valence-corrected chi connectivity index (χ0v) is 18.9. The van der Waals surface area contributed by atoms with Gasteiger partial charge in [0, 0.05) is 22.3 Å². The molecule has 5 nitrogen and oxygen atoms in total. The summed E-state index contributed by atoms with van der Waals surface area (Å²) in [7, 11) is 0. The van der Waals surface area contributed by atoms with Crippen LogP contribution in [0, 0.1) is 12.7 Å². The first-order valence-electron chi connectivity index (χ1n) is 11.0. The molecule has 33 heavy (non-hydrogen) atoms. The van der Waals surface area contributed by atoms with E-state index in [4.69, 9.17) is 16.0 Å². The van der Waals surface area contributed by atoms with E-state index >= 15 is 0 Å². The summed E-state index contributed by atoms with van der Waals surface area (Å²) in [5, 5.41) is 3.41. The third-order valence-electron chi connectivity index (χ3n) is 6.12. The fraction of sp³-hybridized carbons (Fsp3) is 0.231. The van der Waals surface area contributed by atoms with Crippen LogP contribution in [0.1, 0.15) is 47.8 Å². The smallest absolute Gasteiger partial charge is 0.291 e. The van der Waals surface area contributed by atoms with Crippen LogP contribution in [-0.4, -0.2) is 15.5 Å². The van der Waals surface area contributed by atoms with Crippen molar-refractivity contribution in [2.24, 2.45) is 0 Å². The first-order chi connectivity index (χ1) is 16.0. The van der Waals surface area contributed by atoms with Crippen molar-refractivity contribution < 1.29 is 13.6 Å². The zero-order chi connectivity index (χ0) is 22.9. The molecule has 168 valence electrons. The molecule has 2 heterocycles. The predicted molar refractivity (Wildman–Crippen MR) is 127 cm³/mol. The number of imidazole rings is 1. The normalized spacial score (nSPS) is 14.0. The van der Waals surface area contributed by atoms with Gasteiger partial charge in [0.15, 0.2) is 11.5 Å². The number of carbonyl (C=O) groups excluding carboxylic acids is 1. The van der Waals surface area contributed by atoms with Gasteiger partial charge in [0.25, 0.3) is 5.91 Å². The Balaban J connectivity index is 1.49. The van der Waals surface area contributed by atoms with Gasteiger partial charge in [-0.05, 0) is 73.9 Å². The molecule has 0 unspecified atom stereocenters. The van der Waals surface area contributed by atoms with Gasteiger partial charge >= 0.3 is 0 Å². The van der Waals surface area contributed by atoms with Crippen LogP contribution < -0.4 is 5.32 Å². The minimum absolute atomic E-state index is 0.186. The van der Waals surface area contributed by atoms with E-state index in [1.165, 1.54) is 25.0 Å². The Labute approximate surface area is 196 Å². The number of halogens is 2. The zero-order valence-electron chi connectivity index (χ0n) is 18.1. The molecule has 0 atom stereocenters. The topological polar surface area (TPSA) is 60.1 Å². The largest absolute Gasteiger partial charge is 0.449 e. The monoisotopic (exact) mass is 463 g/mol. The van der Waals surface area contributed by atoms with Crippen molar-refractivity contribution in [2.75, 3.05) is 5.32 Å². The second-order valence-electron chi connectivity index (χ2n) is 8.38. The number of hydrogen-bond donors (Lipinski definition) is 1. The maximum absolute atomic E-state index is 13.5. The summed E-state index contributed by atoms with van der Waals surface area (Å²) in [6, 6.07) is 15.4. The summed E-state index contributed by atoms with van der Waals surface area (Å²) in [5.41, 5.74) is 3.82. The Bertz CT molecular complexity index is 1300. The highest BCUT2D eigenvalue weighted by atomic mass is 35.5. The lowest BCUT2D eigenvalue weighted by Crippen LogP contribution is -2.10. The molecule has 0 saturated heterocycles. The molecule has 1 N–H and O–H groups in total. The standard InChI is InChI=1S/C26H23ClFN3O2/c1-16-6-11-19(14-21(16)27)30-26(32)23-13-12-22(33-23)25-24(17-7-9-18(28)10-8-17)29-15-31(25)20-4-2-3-5-20/h6-15,20H,2-5H2,1H3,(H,30,32). The van der Waals surface area contributed by atoms with E-state index in [1.54, 1.807) is 36.4 Å². The number of nitrogens with zero attached hydrogens (tertiary/aromatic N) is 2.